The van der Waals surface area contributed by atoms with Crippen LogP contribution in [0.1, 0.15) is 15.9 Å². The zero-order valence-corrected chi connectivity index (χ0v) is 20.5. The molecular weight excluding hydrogens is 464 g/mol. The normalized spacial score (nSPS) is 11.2. The van der Waals surface area contributed by atoms with Crippen molar-refractivity contribution in [1.82, 2.24) is 5.32 Å². The van der Waals surface area contributed by atoms with E-state index < -0.39 is 10.0 Å². The van der Waals surface area contributed by atoms with Gasteiger partial charge in [0, 0.05) is 25.2 Å². The number of sulfonamides is 1. The Kier molecular flexibility index (Phi) is 6.93. The van der Waals surface area contributed by atoms with Crippen LogP contribution in [0.5, 0.6) is 11.5 Å². The summed E-state index contributed by atoms with van der Waals surface area (Å²) < 4.78 is 37.8. The van der Waals surface area contributed by atoms with Crippen LogP contribution >= 0.6 is 0 Å². The van der Waals surface area contributed by atoms with E-state index in [9.17, 15) is 13.2 Å². The number of benzene rings is 4. The van der Waals surface area contributed by atoms with Gasteiger partial charge in [0.1, 0.15) is 0 Å². The molecule has 0 fully saturated rings. The highest BCUT2D eigenvalue weighted by Crippen LogP contribution is 2.31. The molecule has 1 amide bonds. The molecule has 0 spiro atoms. The van der Waals surface area contributed by atoms with E-state index in [-0.39, 0.29) is 10.8 Å². The molecule has 0 unspecified atom stereocenters. The third kappa shape index (κ3) is 4.93. The number of anilines is 1. The predicted octanol–water partition coefficient (Wildman–Crippen LogP) is 4.61. The van der Waals surface area contributed by atoms with Crippen LogP contribution in [0.2, 0.25) is 0 Å². The third-order valence-electron chi connectivity index (χ3n) is 5.83. The van der Waals surface area contributed by atoms with Crippen molar-refractivity contribution in [3.63, 3.8) is 0 Å². The Labute approximate surface area is 205 Å². The van der Waals surface area contributed by atoms with E-state index in [1.54, 1.807) is 30.3 Å². The molecule has 0 atom stereocenters. The molecule has 7 nitrogen and oxygen atoms in total. The van der Waals surface area contributed by atoms with Crippen LogP contribution in [0.25, 0.3) is 10.8 Å². The monoisotopic (exact) mass is 490 g/mol. The molecule has 4 rings (SSSR count). The summed E-state index contributed by atoms with van der Waals surface area (Å²) in [5.41, 5.74) is 1.88. The van der Waals surface area contributed by atoms with Crippen molar-refractivity contribution in [2.75, 3.05) is 25.6 Å². The van der Waals surface area contributed by atoms with Crippen molar-refractivity contribution in [3.8, 4) is 11.5 Å². The molecule has 0 aliphatic carbocycles. The maximum absolute atomic E-state index is 13.1. The highest BCUT2D eigenvalue weighted by molar-refractivity contribution is 7.92. The minimum Gasteiger partial charge on any atom is -0.493 e. The van der Waals surface area contributed by atoms with Crippen LogP contribution in [-0.2, 0) is 16.6 Å². The van der Waals surface area contributed by atoms with E-state index in [2.05, 4.69) is 5.32 Å². The highest BCUT2D eigenvalue weighted by Gasteiger charge is 2.23. The Morgan fingerprint density at radius 2 is 1.54 bits per heavy atom. The summed E-state index contributed by atoms with van der Waals surface area (Å²) in [4.78, 5) is 12.8. The zero-order chi connectivity index (χ0) is 25.0. The number of hydrogen-bond acceptors (Lipinski definition) is 5. The van der Waals surface area contributed by atoms with Crippen LogP contribution in [0.15, 0.2) is 89.8 Å². The Balaban J connectivity index is 1.48. The molecule has 0 heterocycles. The lowest BCUT2D eigenvalue weighted by atomic mass is 10.0. The minimum atomic E-state index is -3.85. The van der Waals surface area contributed by atoms with Gasteiger partial charge in [-0.2, -0.15) is 0 Å². The van der Waals surface area contributed by atoms with Crippen LogP contribution < -0.4 is 19.1 Å². The molecule has 0 aliphatic heterocycles. The van der Waals surface area contributed by atoms with Gasteiger partial charge in [0.2, 0.25) is 0 Å². The number of carbonyl (C=O) groups excluding carboxylic acids is 1. The first-order valence-electron chi connectivity index (χ1n) is 10.9. The van der Waals surface area contributed by atoms with Crippen molar-refractivity contribution in [2.24, 2.45) is 0 Å². The lowest BCUT2D eigenvalue weighted by Crippen LogP contribution is -2.27. The Hall–Kier alpha value is -4.04. The number of rotatable bonds is 8. The summed E-state index contributed by atoms with van der Waals surface area (Å²) in [5.74, 6) is 0.517. The number of ether oxygens (including phenoxy) is 2. The van der Waals surface area contributed by atoms with Gasteiger partial charge in [-0.1, -0.05) is 42.5 Å². The highest BCUT2D eigenvalue weighted by atomic mass is 32.2. The summed E-state index contributed by atoms with van der Waals surface area (Å²) in [7, 11) is 0.538. The second-order valence-electron chi connectivity index (χ2n) is 7.86. The fourth-order valence-electron chi connectivity index (χ4n) is 3.82. The first-order valence-corrected chi connectivity index (χ1v) is 12.3. The third-order valence-corrected chi connectivity index (χ3v) is 7.61. The fraction of sp³-hybridized carbons (Fsp3) is 0.148. The Morgan fingerprint density at radius 1 is 0.857 bits per heavy atom. The summed E-state index contributed by atoms with van der Waals surface area (Å²) in [6.07, 6.45) is 0. The SMILES string of the molecule is COc1ccc(S(=O)(=O)N(C)c2ccc(C(=O)NCc3cccc4ccccc34)cc2)cc1OC. The first kappa shape index (κ1) is 24.1. The molecule has 0 saturated heterocycles. The predicted molar refractivity (Wildman–Crippen MR) is 137 cm³/mol. The van der Waals surface area contributed by atoms with Gasteiger partial charge in [0.25, 0.3) is 15.9 Å². The van der Waals surface area contributed by atoms with Gasteiger partial charge in [-0.25, -0.2) is 8.42 Å². The smallest absolute Gasteiger partial charge is 0.264 e. The topological polar surface area (TPSA) is 84.9 Å². The molecule has 8 heteroatoms. The number of methoxy groups -OCH3 is 2. The number of nitrogens with zero attached hydrogens (tertiary/aromatic N) is 1. The van der Waals surface area contributed by atoms with Crippen molar-refractivity contribution in [2.45, 2.75) is 11.4 Å². The van der Waals surface area contributed by atoms with Crippen LogP contribution in [0.3, 0.4) is 0 Å². The molecule has 0 aliphatic rings. The summed E-state index contributed by atoms with van der Waals surface area (Å²) in [6, 6.07) is 24.8. The number of amides is 1. The standard InChI is InChI=1S/C27H26N2O5S/c1-29(35(31,32)23-15-16-25(33-2)26(17-23)34-3)22-13-11-20(12-14-22)27(30)28-18-21-9-6-8-19-7-4-5-10-24(19)21/h4-17H,18H2,1-3H3,(H,28,30). The average Bonchev–Trinajstić information content (AvgIpc) is 2.90. The van der Waals surface area contributed by atoms with E-state index in [0.717, 1.165) is 20.6 Å². The summed E-state index contributed by atoms with van der Waals surface area (Å²) in [5, 5.41) is 5.14. The van der Waals surface area contributed by atoms with Gasteiger partial charge in [-0.05, 0) is 52.7 Å². The molecule has 35 heavy (non-hydrogen) atoms. The Morgan fingerprint density at radius 3 is 2.26 bits per heavy atom. The minimum absolute atomic E-state index is 0.0644. The van der Waals surface area contributed by atoms with Crippen LogP contribution in [0.4, 0.5) is 5.69 Å². The van der Waals surface area contributed by atoms with E-state index in [0.29, 0.717) is 29.3 Å². The quantitative estimate of drug-likeness (QED) is 0.390. The molecule has 0 radical (unpaired) electrons. The molecule has 0 aromatic heterocycles. The number of nitrogens with one attached hydrogen (secondary N) is 1. The molecule has 180 valence electrons. The van der Waals surface area contributed by atoms with Gasteiger partial charge < -0.3 is 14.8 Å². The summed E-state index contributed by atoms with van der Waals surface area (Å²) in [6.45, 7) is 0.384. The van der Waals surface area contributed by atoms with Crippen LogP contribution in [0, 0.1) is 0 Å². The summed E-state index contributed by atoms with van der Waals surface area (Å²) >= 11 is 0. The van der Waals surface area contributed by atoms with Gasteiger partial charge in [0.15, 0.2) is 11.5 Å². The van der Waals surface area contributed by atoms with Crippen molar-refractivity contribution in [3.05, 3.63) is 96.1 Å². The van der Waals surface area contributed by atoms with E-state index in [1.165, 1.54) is 33.4 Å². The largest absolute Gasteiger partial charge is 0.493 e. The molecule has 0 bridgehead atoms. The zero-order valence-electron chi connectivity index (χ0n) is 19.7. The number of hydrogen-bond donors (Lipinski definition) is 1. The second kappa shape index (κ2) is 10.1. The van der Waals surface area contributed by atoms with E-state index >= 15 is 0 Å². The van der Waals surface area contributed by atoms with Crippen LogP contribution in [-0.4, -0.2) is 35.6 Å². The maximum atomic E-state index is 13.1. The number of carbonyl (C=O) groups is 1. The Bertz CT molecular complexity index is 1460. The fourth-order valence-corrected chi connectivity index (χ4v) is 5.03. The van der Waals surface area contributed by atoms with E-state index in [1.807, 2.05) is 42.5 Å². The van der Waals surface area contributed by atoms with Gasteiger partial charge in [-0.15, -0.1) is 0 Å². The van der Waals surface area contributed by atoms with Crippen molar-refractivity contribution in [1.29, 1.82) is 0 Å². The molecular formula is C27H26N2O5S. The van der Waals surface area contributed by atoms with Crippen molar-refractivity contribution >= 4 is 32.4 Å². The lowest BCUT2D eigenvalue weighted by Gasteiger charge is -2.20. The van der Waals surface area contributed by atoms with E-state index in [4.69, 9.17) is 9.47 Å². The molecule has 0 saturated carbocycles. The number of fused-ring (bicyclic) bond motifs is 1. The maximum Gasteiger partial charge on any atom is 0.264 e. The molecule has 4 aromatic rings. The first-order chi connectivity index (χ1) is 16.8. The van der Waals surface area contributed by atoms with Crippen molar-refractivity contribution < 1.29 is 22.7 Å². The molecule has 1 N–H and O–H groups in total. The molecule has 4 aromatic carbocycles. The van der Waals surface area contributed by atoms with Gasteiger partial charge in [0.05, 0.1) is 24.8 Å². The average molecular weight is 491 g/mol. The van der Waals surface area contributed by atoms with Gasteiger partial charge in [-0.3, -0.25) is 9.10 Å². The lowest BCUT2D eigenvalue weighted by molar-refractivity contribution is 0.0951. The van der Waals surface area contributed by atoms with Gasteiger partial charge >= 0.3 is 0 Å². The second-order valence-corrected chi connectivity index (χ2v) is 9.83.